The van der Waals surface area contributed by atoms with Crippen LogP contribution in [-0.4, -0.2) is 11.7 Å². The quantitative estimate of drug-likeness (QED) is 0.518. The normalized spacial score (nSPS) is 9.00. The molecule has 0 N–H and O–H groups in total. The SMILES string of the molecule is C=Nc1ccnc(C)c1. The maximum Gasteiger partial charge on any atom is 0.0655 e. The summed E-state index contributed by atoms with van der Waals surface area (Å²) in [5.74, 6) is 0. The highest BCUT2D eigenvalue weighted by atomic mass is 14.7. The smallest absolute Gasteiger partial charge is 0.0655 e. The second kappa shape index (κ2) is 2.40. The average molecular weight is 120 g/mol. The minimum atomic E-state index is 0.877. The fourth-order valence-electron chi connectivity index (χ4n) is 0.629. The van der Waals surface area contributed by atoms with Crippen molar-refractivity contribution in [1.29, 1.82) is 0 Å². The Morgan fingerprint density at radius 3 is 2.89 bits per heavy atom. The lowest BCUT2D eigenvalue weighted by molar-refractivity contribution is 1.20. The summed E-state index contributed by atoms with van der Waals surface area (Å²) in [7, 11) is 0. The second-order valence-corrected chi connectivity index (χ2v) is 1.81. The van der Waals surface area contributed by atoms with E-state index < -0.39 is 0 Å². The van der Waals surface area contributed by atoms with Gasteiger partial charge in [0.15, 0.2) is 0 Å². The van der Waals surface area contributed by atoms with E-state index in [0.717, 1.165) is 11.4 Å². The van der Waals surface area contributed by atoms with Crippen LogP contribution in [0, 0.1) is 6.92 Å². The van der Waals surface area contributed by atoms with Gasteiger partial charge in [-0.3, -0.25) is 9.98 Å². The molecule has 0 saturated heterocycles. The van der Waals surface area contributed by atoms with E-state index in [1.54, 1.807) is 6.20 Å². The summed E-state index contributed by atoms with van der Waals surface area (Å²) in [5, 5.41) is 0. The van der Waals surface area contributed by atoms with Crippen molar-refractivity contribution in [1.82, 2.24) is 4.98 Å². The molecular formula is C7H8N2. The molecule has 0 saturated carbocycles. The van der Waals surface area contributed by atoms with Gasteiger partial charge in [-0.15, -0.1) is 0 Å². The Kier molecular flexibility index (Phi) is 1.58. The van der Waals surface area contributed by atoms with Crippen LogP contribution in [0.5, 0.6) is 0 Å². The van der Waals surface area contributed by atoms with E-state index in [1.807, 2.05) is 19.1 Å². The third-order valence-corrected chi connectivity index (χ3v) is 1.06. The number of hydrogen-bond donors (Lipinski definition) is 0. The van der Waals surface area contributed by atoms with Gasteiger partial charge in [0.2, 0.25) is 0 Å². The van der Waals surface area contributed by atoms with Crippen LogP contribution in [0.3, 0.4) is 0 Å². The van der Waals surface area contributed by atoms with E-state index in [4.69, 9.17) is 0 Å². The van der Waals surface area contributed by atoms with E-state index in [2.05, 4.69) is 16.7 Å². The van der Waals surface area contributed by atoms with E-state index in [-0.39, 0.29) is 0 Å². The van der Waals surface area contributed by atoms with Gasteiger partial charge in [-0.05, 0) is 25.8 Å². The Hall–Kier alpha value is -1.18. The summed E-state index contributed by atoms with van der Waals surface area (Å²) >= 11 is 0. The van der Waals surface area contributed by atoms with Crippen molar-refractivity contribution in [2.45, 2.75) is 6.92 Å². The molecule has 0 aromatic carbocycles. The van der Waals surface area contributed by atoms with Gasteiger partial charge in [-0.25, -0.2) is 0 Å². The Balaban J connectivity index is 3.07. The highest BCUT2D eigenvalue weighted by Gasteiger charge is 1.85. The van der Waals surface area contributed by atoms with Gasteiger partial charge in [0.05, 0.1) is 5.69 Å². The first-order valence-electron chi connectivity index (χ1n) is 2.72. The van der Waals surface area contributed by atoms with Crippen LogP contribution in [0.4, 0.5) is 5.69 Å². The van der Waals surface area contributed by atoms with Crippen LogP contribution < -0.4 is 0 Å². The lowest BCUT2D eigenvalue weighted by atomic mass is 10.3. The van der Waals surface area contributed by atoms with E-state index in [0.29, 0.717) is 0 Å². The third-order valence-electron chi connectivity index (χ3n) is 1.06. The zero-order valence-electron chi connectivity index (χ0n) is 5.33. The van der Waals surface area contributed by atoms with Crippen LogP contribution in [0.15, 0.2) is 23.3 Å². The molecule has 2 nitrogen and oxygen atoms in total. The van der Waals surface area contributed by atoms with Crippen LogP contribution in [0.2, 0.25) is 0 Å². The minimum absolute atomic E-state index is 0.877. The summed E-state index contributed by atoms with van der Waals surface area (Å²) in [6.07, 6.45) is 1.72. The van der Waals surface area contributed by atoms with Crippen molar-refractivity contribution >= 4 is 12.4 Å². The van der Waals surface area contributed by atoms with Crippen molar-refractivity contribution in [3.05, 3.63) is 24.0 Å². The highest BCUT2D eigenvalue weighted by Crippen LogP contribution is 2.08. The maximum absolute atomic E-state index is 4.00. The van der Waals surface area contributed by atoms with Gasteiger partial charge in [-0.2, -0.15) is 0 Å². The molecule has 1 aromatic heterocycles. The van der Waals surface area contributed by atoms with Crippen LogP contribution in [0.1, 0.15) is 5.69 Å². The molecule has 0 aliphatic carbocycles. The molecule has 0 unspecified atom stereocenters. The Morgan fingerprint density at radius 1 is 1.67 bits per heavy atom. The monoisotopic (exact) mass is 120 g/mol. The second-order valence-electron chi connectivity index (χ2n) is 1.81. The molecule has 0 spiro atoms. The van der Waals surface area contributed by atoms with Crippen molar-refractivity contribution in [2.24, 2.45) is 4.99 Å². The number of pyridine rings is 1. The van der Waals surface area contributed by atoms with Crippen molar-refractivity contribution < 1.29 is 0 Å². The molecular weight excluding hydrogens is 112 g/mol. The van der Waals surface area contributed by atoms with E-state index in [1.165, 1.54) is 0 Å². The first-order chi connectivity index (χ1) is 4.33. The molecule has 0 bridgehead atoms. The van der Waals surface area contributed by atoms with Crippen molar-refractivity contribution in [2.75, 3.05) is 0 Å². The van der Waals surface area contributed by atoms with Gasteiger partial charge < -0.3 is 0 Å². The molecule has 46 valence electrons. The zero-order chi connectivity index (χ0) is 6.69. The van der Waals surface area contributed by atoms with Gasteiger partial charge in [0, 0.05) is 11.9 Å². The van der Waals surface area contributed by atoms with Gasteiger partial charge >= 0.3 is 0 Å². The number of aryl methyl sites for hydroxylation is 1. The van der Waals surface area contributed by atoms with E-state index in [9.17, 15) is 0 Å². The largest absolute Gasteiger partial charge is 0.265 e. The van der Waals surface area contributed by atoms with E-state index >= 15 is 0 Å². The van der Waals surface area contributed by atoms with Crippen LogP contribution in [0.25, 0.3) is 0 Å². The average Bonchev–Trinajstić information content (AvgIpc) is 1.88. The van der Waals surface area contributed by atoms with Gasteiger partial charge in [-0.1, -0.05) is 0 Å². The molecule has 1 aromatic rings. The Labute approximate surface area is 54.3 Å². The minimum Gasteiger partial charge on any atom is -0.265 e. The van der Waals surface area contributed by atoms with Gasteiger partial charge in [0.1, 0.15) is 0 Å². The lowest BCUT2D eigenvalue weighted by Gasteiger charge is -1.90. The molecule has 0 aliphatic heterocycles. The number of nitrogens with zero attached hydrogens (tertiary/aromatic N) is 2. The molecule has 0 aliphatic rings. The topological polar surface area (TPSA) is 25.2 Å². The molecule has 0 fully saturated rings. The summed E-state index contributed by atoms with van der Waals surface area (Å²) in [6.45, 7) is 5.32. The summed E-state index contributed by atoms with van der Waals surface area (Å²) in [6, 6.07) is 3.70. The summed E-state index contributed by atoms with van der Waals surface area (Å²) in [4.78, 5) is 7.74. The standard InChI is InChI=1S/C7H8N2/c1-6-5-7(8-2)3-4-9-6/h3-5H,2H2,1H3. The molecule has 1 heterocycles. The third kappa shape index (κ3) is 1.35. The Bertz CT molecular complexity index is 218. The zero-order valence-corrected chi connectivity index (χ0v) is 5.33. The predicted molar refractivity (Wildman–Crippen MR) is 38.2 cm³/mol. The Morgan fingerprint density at radius 2 is 2.44 bits per heavy atom. The van der Waals surface area contributed by atoms with Crippen LogP contribution in [-0.2, 0) is 0 Å². The molecule has 0 amide bonds. The molecule has 0 atom stereocenters. The number of aliphatic imine (C=N–C) groups is 1. The summed E-state index contributed by atoms with van der Waals surface area (Å²) in [5.41, 5.74) is 1.85. The molecule has 1 rings (SSSR count). The fraction of sp³-hybridized carbons (Fsp3) is 0.143. The number of hydrogen-bond acceptors (Lipinski definition) is 2. The number of rotatable bonds is 1. The summed E-state index contributed by atoms with van der Waals surface area (Å²) < 4.78 is 0. The van der Waals surface area contributed by atoms with Gasteiger partial charge in [0.25, 0.3) is 0 Å². The highest BCUT2D eigenvalue weighted by molar-refractivity contribution is 5.44. The fourth-order valence-corrected chi connectivity index (χ4v) is 0.629. The maximum atomic E-state index is 4.00. The first kappa shape index (κ1) is 5.95. The number of aromatic nitrogens is 1. The molecule has 2 heteroatoms. The lowest BCUT2D eigenvalue weighted by Crippen LogP contribution is -1.75. The molecule has 0 radical (unpaired) electrons. The predicted octanol–water partition coefficient (Wildman–Crippen LogP) is 1.72. The molecule has 9 heavy (non-hydrogen) atoms. The van der Waals surface area contributed by atoms with Crippen molar-refractivity contribution in [3.63, 3.8) is 0 Å². The first-order valence-corrected chi connectivity index (χ1v) is 2.72. The van der Waals surface area contributed by atoms with Crippen molar-refractivity contribution in [3.8, 4) is 0 Å². The van der Waals surface area contributed by atoms with Crippen LogP contribution >= 0.6 is 0 Å².